The molecule has 0 aliphatic rings. The van der Waals surface area contributed by atoms with Gasteiger partial charge in [0, 0.05) is 17.7 Å². The lowest BCUT2D eigenvalue weighted by Crippen LogP contribution is -2.11. The topological polar surface area (TPSA) is 65.0 Å². The second-order valence-electron chi connectivity index (χ2n) is 7.03. The summed E-state index contributed by atoms with van der Waals surface area (Å²) in [6.07, 6.45) is 2.45. The van der Waals surface area contributed by atoms with Crippen molar-refractivity contribution in [2.24, 2.45) is 0 Å². The largest absolute Gasteiger partial charge is 0.496 e. The summed E-state index contributed by atoms with van der Waals surface area (Å²) in [5.74, 6) is 0.953. The summed E-state index contributed by atoms with van der Waals surface area (Å²) in [7, 11) is 1.66. The molecule has 30 heavy (non-hydrogen) atoms. The minimum Gasteiger partial charge on any atom is -0.496 e. The minimum absolute atomic E-state index is 0.0426. The lowest BCUT2D eigenvalue weighted by Gasteiger charge is -2.17. The molecule has 0 bridgehead atoms. The molecule has 1 N–H and O–H groups in total. The number of aryl methyl sites for hydroxylation is 1. The number of carbonyl (C=O) groups excluding carboxylic acids is 1. The van der Waals surface area contributed by atoms with Crippen molar-refractivity contribution in [3.05, 3.63) is 64.7 Å². The highest BCUT2D eigenvalue weighted by Crippen LogP contribution is 2.32. The molecule has 0 amide bonds. The number of benzene rings is 2. The summed E-state index contributed by atoms with van der Waals surface area (Å²) in [5.41, 5.74) is 4.01. The zero-order valence-electron chi connectivity index (χ0n) is 18.4. The molecule has 0 unspecified atom stereocenters. The van der Waals surface area contributed by atoms with Crippen molar-refractivity contribution in [1.82, 2.24) is 0 Å². The van der Waals surface area contributed by atoms with Crippen molar-refractivity contribution in [3.63, 3.8) is 0 Å². The van der Waals surface area contributed by atoms with Crippen LogP contribution in [0.3, 0.4) is 0 Å². The summed E-state index contributed by atoms with van der Waals surface area (Å²) < 4.78 is 16.9. The number of methoxy groups -OCH3 is 1. The Hall–Kier alpha value is -2.79. The van der Waals surface area contributed by atoms with Crippen LogP contribution in [-0.4, -0.2) is 31.4 Å². The molecule has 0 saturated heterocycles. The van der Waals surface area contributed by atoms with E-state index in [9.17, 15) is 9.90 Å². The molecule has 2 aromatic carbocycles. The molecule has 5 nitrogen and oxygen atoms in total. The van der Waals surface area contributed by atoms with Gasteiger partial charge in [0.1, 0.15) is 18.1 Å². The number of aliphatic hydroxyl groups is 1. The Kier molecular flexibility index (Phi) is 9.42. The molecule has 2 aromatic rings. The Labute approximate surface area is 179 Å². The molecule has 0 atom stereocenters. The number of hydrogen-bond acceptors (Lipinski definition) is 5. The van der Waals surface area contributed by atoms with Crippen LogP contribution in [0.2, 0.25) is 0 Å². The fourth-order valence-electron chi connectivity index (χ4n) is 3.32. The van der Waals surface area contributed by atoms with Crippen LogP contribution in [0.1, 0.15) is 50.3 Å². The predicted octanol–water partition coefficient (Wildman–Crippen LogP) is 4.95. The van der Waals surface area contributed by atoms with Crippen LogP contribution in [-0.2, 0) is 22.6 Å². The van der Waals surface area contributed by atoms with Gasteiger partial charge in [-0.05, 0) is 44.4 Å². The Morgan fingerprint density at radius 3 is 2.50 bits per heavy atom. The maximum absolute atomic E-state index is 12.6. The molecule has 0 aromatic heterocycles. The Balaban J connectivity index is 2.34. The second-order valence-corrected chi connectivity index (χ2v) is 7.03. The average molecular weight is 413 g/mol. The van der Waals surface area contributed by atoms with Gasteiger partial charge in [0.2, 0.25) is 0 Å². The van der Waals surface area contributed by atoms with E-state index >= 15 is 0 Å². The number of para-hydroxylation sites is 1. The molecule has 5 heteroatoms. The van der Waals surface area contributed by atoms with Crippen molar-refractivity contribution in [3.8, 4) is 11.5 Å². The van der Waals surface area contributed by atoms with Crippen LogP contribution < -0.4 is 9.47 Å². The van der Waals surface area contributed by atoms with E-state index in [1.807, 2.05) is 43.3 Å². The maximum Gasteiger partial charge on any atom is 0.338 e. The fourth-order valence-corrected chi connectivity index (χ4v) is 3.32. The molecule has 0 saturated carbocycles. The first-order valence-corrected chi connectivity index (χ1v) is 10.4. The van der Waals surface area contributed by atoms with Crippen molar-refractivity contribution in [2.45, 2.75) is 46.6 Å². The Morgan fingerprint density at radius 2 is 1.83 bits per heavy atom. The van der Waals surface area contributed by atoms with Crippen LogP contribution in [0.4, 0.5) is 0 Å². The van der Waals surface area contributed by atoms with E-state index in [-0.39, 0.29) is 13.2 Å². The molecule has 0 aliphatic heterocycles. The summed E-state index contributed by atoms with van der Waals surface area (Å²) in [6.45, 7) is 6.29. The molecule has 0 radical (unpaired) electrons. The Bertz CT molecular complexity index is 870. The maximum atomic E-state index is 12.6. The zero-order valence-corrected chi connectivity index (χ0v) is 18.4. The SMILES string of the molecule is CCCc1ccc(COc2ccccc2/C(C(=O)OCC)=C(/C)CCO)c(OC)c1. The van der Waals surface area contributed by atoms with E-state index in [1.165, 1.54) is 5.56 Å². The molecule has 0 spiro atoms. The van der Waals surface area contributed by atoms with Gasteiger partial charge < -0.3 is 19.3 Å². The Morgan fingerprint density at radius 1 is 1.07 bits per heavy atom. The van der Waals surface area contributed by atoms with Crippen LogP contribution in [0.25, 0.3) is 5.57 Å². The lowest BCUT2D eigenvalue weighted by atomic mass is 9.98. The first-order chi connectivity index (χ1) is 14.5. The van der Waals surface area contributed by atoms with E-state index in [0.29, 0.717) is 29.9 Å². The molecule has 162 valence electrons. The highest BCUT2D eigenvalue weighted by Gasteiger charge is 2.20. The van der Waals surface area contributed by atoms with E-state index < -0.39 is 5.97 Å². The third kappa shape index (κ3) is 6.10. The van der Waals surface area contributed by atoms with Gasteiger partial charge >= 0.3 is 5.97 Å². The number of hydrogen-bond donors (Lipinski definition) is 1. The average Bonchev–Trinajstić information content (AvgIpc) is 2.74. The normalized spacial score (nSPS) is 11.6. The van der Waals surface area contributed by atoms with Gasteiger partial charge in [0.25, 0.3) is 0 Å². The van der Waals surface area contributed by atoms with E-state index in [2.05, 4.69) is 13.0 Å². The standard InChI is InChI=1S/C25H32O5/c1-5-9-19-12-13-20(23(16-19)28-4)17-30-22-11-8-7-10-21(22)24(18(3)14-15-26)25(27)29-6-2/h7-8,10-13,16,26H,5-6,9,14-15,17H2,1-4H3/b24-18+. The summed E-state index contributed by atoms with van der Waals surface area (Å²) in [4.78, 5) is 12.6. The molecule has 2 rings (SSSR count). The summed E-state index contributed by atoms with van der Waals surface area (Å²) >= 11 is 0. The zero-order chi connectivity index (χ0) is 21.9. The number of aliphatic hydroxyl groups excluding tert-OH is 1. The van der Waals surface area contributed by atoms with Crippen LogP contribution in [0.15, 0.2) is 48.0 Å². The molecular weight excluding hydrogens is 380 g/mol. The minimum atomic E-state index is -0.416. The third-order valence-electron chi connectivity index (χ3n) is 4.82. The number of carbonyl (C=O) groups is 1. The molecule has 0 heterocycles. The monoisotopic (exact) mass is 412 g/mol. The quantitative estimate of drug-likeness (QED) is 0.418. The molecule has 0 aliphatic carbocycles. The fraction of sp³-hybridized carbons (Fsp3) is 0.400. The van der Waals surface area contributed by atoms with Crippen LogP contribution in [0.5, 0.6) is 11.5 Å². The summed E-state index contributed by atoms with van der Waals surface area (Å²) in [6, 6.07) is 13.5. The van der Waals surface area contributed by atoms with Gasteiger partial charge in [-0.1, -0.05) is 49.2 Å². The van der Waals surface area contributed by atoms with Crippen molar-refractivity contribution in [1.29, 1.82) is 0 Å². The van der Waals surface area contributed by atoms with Gasteiger partial charge in [-0.3, -0.25) is 0 Å². The van der Waals surface area contributed by atoms with E-state index in [4.69, 9.17) is 14.2 Å². The van der Waals surface area contributed by atoms with Crippen LogP contribution in [0, 0.1) is 0 Å². The summed E-state index contributed by atoms with van der Waals surface area (Å²) in [5, 5.41) is 9.35. The first kappa shape index (κ1) is 23.5. The second kappa shape index (κ2) is 12.0. The van der Waals surface area contributed by atoms with Crippen molar-refractivity contribution < 1.29 is 24.1 Å². The van der Waals surface area contributed by atoms with Crippen molar-refractivity contribution >= 4 is 11.5 Å². The number of esters is 1. The smallest absolute Gasteiger partial charge is 0.338 e. The van der Waals surface area contributed by atoms with E-state index in [1.54, 1.807) is 14.0 Å². The van der Waals surface area contributed by atoms with Gasteiger partial charge in [-0.15, -0.1) is 0 Å². The highest BCUT2D eigenvalue weighted by molar-refractivity contribution is 6.18. The van der Waals surface area contributed by atoms with Gasteiger partial charge in [0.05, 0.1) is 19.3 Å². The number of rotatable bonds is 11. The van der Waals surface area contributed by atoms with Gasteiger partial charge in [-0.25, -0.2) is 4.79 Å². The molecule has 0 fully saturated rings. The first-order valence-electron chi connectivity index (χ1n) is 10.4. The predicted molar refractivity (Wildman–Crippen MR) is 119 cm³/mol. The van der Waals surface area contributed by atoms with Gasteiger partial charge in [-0.2, -0.15) is 0 Å². The van der Waals surface area contributed by atoms with Crippen molar-refractivity contribution in [2.75, 3.05) is 20.3 Å². The number of ether oxygens (including phenoxy) is 3. The molecular formula is C25H32O5. The highest BCUT2D eigenvalue weighted by atomic mass is 16.5. The third-order valence-corrected chi connectivity index (χ3v) is 4.82. The van der Waals surface area contributed by atoms with Crippen LogP contribution >= 0.6 is 0 Å². The van der Waals surface area contributed by atoms with E-state index in [0.717, 1.165) is 29.7 Å². The van der Waals surface area contributed by atoms with Gasteiger partial charge in [0.15, 0.2) is 0 Å². The lowest BCUT2D eigenvalue weighted by molar-refractivity contribution is -0.136.